The van der Waals surface area contributed by atoms with Gasteiger partial charge in [-0.1, -0.05) is 54.6 Å². The number of benzene rings is 3. The number of nitrogens with one attached hydrogen (secondary N) is 1. The van der Waals surface area contributed by atoms with Crippen LogP contribution < -0.4 is 5.48 Å². The average Bonchev–Trinajstić information content (AvgIpc) is 2.85. The van der Waals surface area contributed by atoms with E-state index < -0.39 is 63.0 Å². The zero-order chi connectivity index (χ0) is 25.8. The lowest BCUT2D eigenvalue weighted by Gasteiger charge is -2.23. The van der Waals surface area contributed by atoms with Crippen LogP contribution in [0.5, 0.6) is 0 Å². The number of carbonyl (C=O) groups excluding carboxylic acids is 1. The lowest BCUT2D eigenvalue weighted by atomic mass is 10.1. The van der Waals surface area contributed by atoms with Crippen molar-refractivity contribution in [2.24, 2.45) is 0 Å². The molecule has 0 bridgehead atoms. The van der Waals surface area contributed by atoms with E-state index in [2.05, 4.69) is 0 Å². The molecule has 3 rings (SSSR count). The molecule has 0 heterocycles. The summed E-state index contributed by atoms with van der Waals surface area (Å²) in [6, 6.07) is 13.7. The van der Waals surface area contributed by atoms with Gasteiger partial charge in [0.1, 0.15) is 0 Å². The van der Waals surface area contributed by atoms with Crippen LogP contribution in [-0.2, 0) is 27.9 Å². The summed E-state index contributed by atoms with van der Waals surface area (Å²) in [6.07, 6.45) is 2.38. The van der Waals surface area contributed by atoms with Gasteiger partial charge in [0.25, 0.3) is 5.91 Å². The first-order valence-corrected chi connectivity index (χ1v) is 11.3. The molecule has 35 heavy (non-hydrogen) atoms. The van der Waals surface area contributed by atoms with Gasteiger partial charge in [-0.05, 0) is 22.8 Å². The first-order valence-electron chi connectivity index (χ1n) is 9.82. The minimum Gasteiger partial charge on any atom is -0.288 e. The third-order valence-electron chi connectivity index (χ3n) is 4.85. The highest BCUT2D eigenvalue weighted by Crippen LogP contribution is 2.30. The number of rotatable bonds is 8. The van der Waals surface area contributed by atoms with Crippen molar-refractivity contribution in [1.82, 2.24) is 9.79 Å². The lowest BCUT2D eigenvalue weighted by Crippen LogP contribution is -2.32. The summed E-state index contributed by atoms with van der Waals surface area (Å²) < 4.78 is 96.7. The van der Waals surface area contributed by atoms with Crippen LogP contribution >= 0.6 is 0 Å². The summed E-state index contributed by atoms with van der Waals surface area (Å²) in [6.45, 7) is -0.904. The fraction of sp³-hybridized carbons (Fsp3) is 0.0870. The zero-order valence-electron chi connectivity index (χ0n) is 17.7. The van der Waals surface area contributed by atoms with Gasteiger partial charge in [-0.15, -0.1) is 0 Å². The van der Waals surface area contributed by atoms with E-state index in [1.54, 1.807) is 18.2 Å². The van der Waals surface area contributed by atoms with Crippen LogP contribution in [0.1, 0.15) is 16.7 Å². The maximum atomic E-state index is 14.4. The second-order valence-corrected chi connectivity index (χ2v) is 9.08. The van der Waals surface area contributed by atoms with Gasteiger partial charge in [0.2, 0.25) is 15.8 Å². The molecule has 0 aromatic heterocycles. The highest BCUT2D eigenvalue weighted by atomic mass is 32.2. The van der Waals surface area contributed by atoms with E-state index in [1.807, 2.05) is 0 Å². The molecule has 0 fully saturated rings. The third kappa shape index (κ3) is 5.73. The Labute approximate surface area is 196 Å². The van der Waals surface area contributed by atoms with E-state index in [0.717, 1.165) is 6.08 Å². The highest BCUT2D eigenvalue weighted by Gasteiger charge is 2.37. The SMILES string of the molecule is O=C(/C=C/c1ccc(CN(Cc2ccccc2)S(=O)(=O)c2c(F)c(F)c(F)c(F)c2F)cc1)NO. The molecule has 0 spiro atoms. The van der Waals surface area contributed by atoms with Crippen LogP contribution in [0.4, 0.5) is 22.0 Å². The molecule has 184 valence electrons. The molecule has 0 unspecified atom stereocenters. The monoisotopic (exact) mass is 512 g/mol. The van der Waals surface area contributed by atoms with E-state index in [1.165, 1.54) is 48.0 Å². The number of sulfonamides is 1. The molecule has 0 aliphatic heterocycles. The normalized spacial score (nSPS) is 11.9. The van der Waals surface area contributed by atoms with Crippen LogP contribution in [0.2, 0.25) is 0 Å². The molecule has 0 saturated carbocycles. The van der Waals surface area contributed by atoms with Gasteiger partial charge in [0.15, 0.2) is 28.2 Å². The molecule has 0 atom stereocenters. The van der Waals surface area contributed by atoms with E-state index in [0.29, 0.717) is 21.0 Å². The topological polar surface area (TPSA) is 86.7 Å². The Morgan fingerprint density at radius 2 is 1.29 bits per heavy atom. The van der Waals surface area contributed by atoms with Crippen LogP contribution in [-0.4, -0.2) is 23.8 Å². The average molecular weight is 512 g/mol. The number of carbonyl (C=O) groups is 1. The predicted octanol–water partition coefficient (Wildman–Crippen LogP) is 4.29. The van der Waals surface area contributed by atoms with Crippen molar-refractivity contribution in [2.75, 3.05) is 0 Å². The zero-order valence-corrected chi connectivity index (χ0v) is 18.5. The lowest BCUT2D eigenvalue weighted by molar-refractivity contribution is -0.124. The predicted molar refractivity (Wildman–Crippen MR) is 115 cm³/mol. The quantitative estimate of drug-likeness (QED) is 0.118. The first-order chi connectivity index (χ1) is 16.6. The molecule has 3 aromatic carbocycles. The smallest absolute Gasteiger partial charge is 0.267 e. The van der Waals surface area contributed by atoms with Crippen molar-refractivity contribution < 1.29 is 40.4 Å². The Bertz CT molecular complexity index is 1340. The molecule has 6 nitrogen and oxygen atoms in total. The molecule has 2 N–H and O–H groups in total. The van der Waals surface area contributed by atoms with E-state index in [-0.39, 0.29) is 0 Å². The fourth-order valence-electron chi connectivity index (χ4n) is 3.10. The second-order valence-electron chi connectivity index (χ2n) is 7.21. The van der Waals surface area contributed by atoms with Gasteiger partial charge < -0.3 is 0 Å². The molecule has 0 aliphatic rings. The third-order valence-corrected chi connectivity index (χ3v) is 6.66. The molecule has 1 amide bonds. The van der Waals surface area contributed by atoms with Gasteiger partial charge in [-0.2, -0.15) is 4.31 Å². The highest BCUT2D eigenvalue weighted by molar-refractivity contribution is 7.89. The molecular weight excluding hydrogens is 495 g/mol. The van der Waals surface area contributed by atoms with Crippen molar-refractivity contribution in [3.63, 3.8) is 0 Å². The first kappa shape index (κ1) is 26.0. The Hall–Kier alpha value is -3.61. The summed E-state index contributed by atoms with van der Waals surface area (Å²) in [5.74, 6) is -12.9. The Balaban J connectivity index is 2.03. The molecule has 12 heteroatoms. The van der Waals surface area contributed by atoms with Gasteiger partial charge in [-0.25, -0.2) is 35.8 Å². The number of hydrogen-bond acceptors (Lipinski definition) is 4. The van der Waals surface area contributed by atoms with Gasteiger partial charge in [-0.3, -0.25) is 10.0 Å². The minimum atomic E-state index is -5.21. The maximum Gasteiger partial charge on any atom is 0.267 e. The number of halogens is 5. The summed E-state index contributed by atoms with van der Waals surface area (Å²) in [4.78, 5) is 9.14. The van der Waals surface area contributed by atoms with Crippen LogP contribution in [0.3, 0.4) is 0 Å². The fourth-order valence-corrected chi connectivity index (χ4v) is 4.63. The van der Waals surface area contributed by atoms with Gasteiger partial charge in [0, 0.05) is 19.2 Å². The maximum absolute atomic E-state index is 14.4. The van der Waals surface area contributed by atoms with Crippen LogP contribution in [0.25, 0.3) is 6.08 Å². The number of amides is 1. The number of nitrogens with zero attached hydrogens (tertiary/aromatic N) is 1. The van der Waals surface area contributed by atoms with E-state index in [9.17, 15) is 35.2 Å². The van der Waals surface area contributed by atoms with E-state index >= 15 is 0 Å². The van der Waals surface area contributed by atoms with Crippen LogP contribution in [0, 0.1) is 29.1 Å². The number of hydroxylamine groups is 1. The van der Waals surface area contributed by atoms with Crippen molar-refractivity contribution in [2.45, 2.75) is 18.0 Å². The van der Waals surface area contributed by atoms with Crippen molar-refractivity contribution in [3.8, 4) is 0 Å². The Morgan fingerprint density at radius 1 is 0.800 bits per heavy atom. The largest absolute Gasteiger partial charge is 0.288 e. The van der Waals surface area contributed by atoms with Crippen molar-refractivity contribution >= 4 is 22.0 Å². The van der Waals surface area contributed by atoms with Crippen molar-refractivity contribution in [1.29, 1.82) is 0 Å². The van der Waals surface area contributed by atoms with Gasteiger partial charge >= 0.3 is 0 Å². The van der Waals surface area contributed by atoms with Crippen LogP contribution in [0.15, 0.2) is 65.6 Å². The Morgan fingerprint density at radius 3 is 1.80 bits per heavy atom. The van der Waals surface area contributed by atoms with Crippen molar-refractivity contribution in [3.05, 3.63) is 106 Å². The molecule has 3 aromatic rings. The summed E-state index contributed by atoms with van der Waals surface area (Å²) in [5.41, 5.74) is 2.62. The summed E-state index contributed by atoms with van der Waals surface area (Å²) >= 11 is 0. The molecule has 0 saturated heterocycles. The summed E-state index contributed by atoms with van der Waals surface area (Å²) in [5, 5.41) is 8.50. The molecule has 0 aliphatic carbocycles. The molecular formula is C23H17F5N2O4S. The Kier molecular flexibility index (Phi) is 7.99. The van der Waals surface area contributed by atoms with Gasteiger partial charge in [0.05, 0.1) is 0 Å². The second kappa shape index (κ2) is 10.8. The molecule has 0 radical (unpaired) electrons. The standard InChI is InChI=1S/C23H17F5N2O4S/c24-18-19(25)21(27)23(22(28)20(18)26)35(33,34)30(12-15-4-2-1-3-5-15)13-16-8-6-14(7-9-16)10-11-17(31)29-32/h1-11,32H,12-13H2,(H,29,31)/b11-10+. The summed E-state index contributed by atoms with van der Waals surface area (Å²) in [7, 11) is -5.21. The number of hydrogen-bond donors (Lipinski definition) is 2. The van der Waals surface area contributed by atoms with E-state index in [4.69, 9.17) is 5.21 Å². The minimum absolute atomic E-state index is 0.317.